The quantitative estimate of drug-likeness (QED) is 0.669. The zero-order chi connectivity index (χ0) is 12.0. The molecule has 1 fully saturated rings. The van der Waals surface area contributed by atoms with Gasteiger partial charge in [-0.2, -0.15) is 0 Å². The fourth-order valence-electron chi connectivity index (χ4n) is 2.41. The molecule has 0 amide bonds. The van der Waals surface area contributed by atoms with Gasteiger partial charge in [0.05, 0.1) is 0 Å². The van der Waals surface area contributed by atoms with Crippen LogP contribution >= 0.6 is 0 Å². The second-order valence-corrected chi connectivity index (χ2v) is 7.56. The van der Waals surface area contributed by atoms with E-state index in [1.54, 1.807) is 21.3 Å². The molecular formula is C11H25NO3Si. The molecule has 1 aliphatic heterocycles. The van der Waals surface area contributed by atoms with E-state index >= 15 is 0 Å². The zero-order valence-electron chi connectivity index (χ0n) is 11.0. The second kappa shape index (κ2) is 6.71. The Morgan fingerprint density at radius 1 is 1.12 bits per heavy atom. The molecule has 1 aliphatic rings. The van der Waals surface area contributed by atoms with Crippen molar-refractivity contribution in [3.8, 4) is 0 Å². The lowest BCUT2D eigenvalue weighted by Gasteiger charge is -2.34. The standard InChI is InChI=1S/C11H25NO3Si/c1-12-9-6-5-7-11(12)8-10-16(13-2,14-3)15-4/h11H,5-10H2,1-4H3. The normalized spacial score (nSPS) is 23.6. The SMILES string of the molecule is CO[Si](CCC1CCCCN1C)(OC)OC. The maximum absolute atomic E-state index is 5.44. The molecule has 1 unspecified atom stereocenters. The third-order valence-electron chi connectivity index (χ3n) is 3.64. The van der Waals surface area contributed by atoms with Crippen molar-refractivity contribution in [3.63, 3.8) is 0 Å². The van der Waals surface area contributed by atoms with Gasteiger partial charge in [0.1, 0.15) is 0 Å². The van der Waals surface area contributed by atoms with Crippen molar-refractivity contribution in [3.05, 3.63) is 0 Å². The summed E-state index contributed by atoms with van der Waals surface area (Å²) in [4.78, 5) is 2.45. The first-order chi connectivity index (χ1) is 7.67. The molecule has 0 radical (unpaired) electrons. The van der Waals surface area contributed by atoms with Crippen LogP contribution in [0.15, 0.2) is 0 Å². The molecule has 0 aliphatic carbocycles. The molecule has 0 saturated carbocycles. The van der Waals surface area contributed by atoms with E-state index in [1.807, 2.05) is 0 Å². The van der Waals surface area contributed by atoms with Crippen molar-refractivity contribution in [2.24, 2.45) is 0 Å². The van der Waals surface area contributed by atoms with Gasteiger partial charge in [0.2, 0.25) is 0 Å². The summed E-state index contributed by atoms with van der Waals surface area (Å²) in [5, 5.41) is 0. The summed E-state index contributed by atoms with van der Waals surface area (Å²) in [7, 11) is 4.90. The van der Waals surface area contributed by atoms with Crippen LogP contribution in [0.4, 0.5) is 0 Å². The summed E-state index contributed by atoms with van der Waals surface area (Å²) >= 11 is 0. The summed E-state index contributed by atoms with van der Waals surface area (Å²) < 4.78 is 16.3. The highest BCUT2D eigenvalue weighted by Gasteiger charge is 2.38. The van der Waals surface area contributed by atoms with Crippen molar-refractivity contribution in [1.82, 2.24) is 4.90 Å². The molecule has 0 aromatic heterocycles. The van der Waals surface area contributed by atoms with Crippen LogP contribution in [0.25, 0.3) is 0 Å². The van der Waals surface area contributed by atoms with Gasteiger partial charge in [0, 0.05) is 33.4 Å². The molecule has 0 aromatic rings. The minimum absolute atomic E-state index is 0.668. The van der Waals surface area contributed by atoms with Crippen LogP contribution in [0.5, 0.6) is 0 Å². The lowest BCUT2D eigenvalue weighted by molar-refractivity contribution is 0.114. The van der Waals surface area contributed by atoms with Gasteiger partial charge in [-0.15, -0.1) is 0 Å². The van der Waals surface area contributed by atoms with Crippen LogP contribution in [0.3, 0.4) is 0 Å². The lowest BCUT2D eigenvalue weighted by Crippen LogP contribution is -2.45. The first-order valence-electron chi connectivity index (χ1n) is 6.03. The van der Waals surface area contributed by atoms with Crippen molar-refractivity contribution >= 4 is 8.80 Å². The highest BCUT2D eigenvalue weighted by atomic mass is 28.4. The molecule has 0 N–H and O–H groups in total. The summed E-state index contributed by atoms with van der Waals surface area (Å²) in [6, 6.07) is 1.58. The molecule has 0 aromatic carbocycles. The predicted molar refractivity (Wildman–Crippen MR) is 66.5 cm³/mol. The molecule has 5 heteroatoms. The molecule has 96 valence electrons. The van der Waals surface area contributed by atoms with Crippen molar-refractivity contribution in [2.75, 3.05) is 34.9 Å². The molecule has 16 heavy (non-hydrogen) atoms. The Bertz CT molecular complexity index is 191. The molecule has 0 bridgehead atoms. The first kappa shape index (κ1) is 14.1. The smallest absolute Gasteiger partial charge is 0.377 e. The van der Waals surface area contributed by atoms with Crippen LogP contribution < -0.4 is 0 Å². The van der Waals surface area contributed by atoms with Crippen molar-refractivity contribution in [1.29, 1.82) is 0 Å². The first-order valence-corrected chi connectivity index (χ1v) is 7.96. The lowest BCUT2D eigenvalue weighted by atomic mass is 10.0. The van der Waals surface area contributed by atoms with Crippen LogP contribution in [-0.2, 0) is 13.3 Å². The summed E-state index contributed by atoms with van der Waals surface area (Å²) in [6.45, 7) is 1.21. The number of hydrogen-bond acceptors (Lipinski definition) is 4. The Labute approximate surface area is 100 Å². The Hall–Kier alpha value is 0.0569. The number of piperidine rings is 1. The minimum atomic E-state index is -2.36. The molecule has 4 nitrogen and oxygen atoms in total. The molecule has 1 rings (SSSR count). The molecule has 1 atom stereocenters. The minimum Gasteiger partial charge on any atom is -0.377 e. The summed E-state index contributed by atoms with van der Waals surface area (Å²) in [6.07, 6.45) is 5.07. The second-order valence-electron chi connectivity index (χ2n) is 4.46. The van der Waals surface area contributed by atoms with Gasteiger partial charge in [-0.1, -0.05) is 6.42 Å². The molecule has 1 saturated heterocycles. The fraction of sp³-hybridized carbons (Fsp3) is 1.00. The Balaban J connectivity index is 2.41. The van der Waals surface area contributed by atoms with Crippen LogP contribution in [-0.4, -0.2) is 54.7 Å². The number of nitrogens with zero attached hydrogens (tertiary/aromatic N) is 1. The topological polar surface area (TPSA) is 30.9 Å². The van der Waals surface area contributed by atoms with Gasteiger partial charge in [-0.25, -0.2) is 0 Å². The fourth-order valence-corrected chi connectivity index (χ4v) is 4.21. The number of hydrogen-bond donors (Lipinski definition) is 0. The highest BCUT2D eigenvalue weighted by Crippen LogP contribution is 2.23. The van der Waals surface area contributed by atoms with Crippen molar-refractivity contribution in [2.45, 2.75) is 37.8 Å². The maximum atomic E-state index is 5.44. The van der Waals surface area contributed by atoms with Crippen LogP contribution in [0.1, 0.15) is 25.7 Å². The average Bonchev–Trinajstić information content (AvgIpc) is 2.34. The highest BCUT2D eigenvalue weighted by molar-refractivity contribution is 6.60. The maximum Gasteiger partial charge on any atom is 0.500 e. The molecule has 1 heterocycles. The van der Waals surface area contributed by atoms with Gasteiger partial charge >= 0.3 is 8.80 Å². The van der Waals surface area contributed by atoms with Gasteiger partial charge < -0.3 is 18.2 Å². The largest absolute Gasteiger partial charge is 0.500 e. The average molecular weight is 247 g/mol. The van der Waals surface area contributed by atoms with E-state index < -0.39 is 8.80 Å². The monoisotopic (exact) mass is 247 g/mol. The third kappa shape index (κ3) is 3.53. The van der Waals surface area contributed by atoms with E-state index in [2.05, 4.69) is 11.9 Å². The number of rotatable bonds is 6. The Kier molecular flexibility index (Phi) is 5.92. The van der Waals surface area contributed by atoms with Crippen LogP contribution in [0.2, 0.25) is 6.04 Å². The predicted octanol–water partition coefficient (Wildman–Crippen LogP) is 1.74. The molecular weight excluding hydrogens is 222 g/mol. The van der Waals surface area contributed by atoms with E-state index in [0.29, 0.717) is 6.04 Å². The summed E-state index contributed by atoms with van der Waals surface area (Å²) in [5.41, 5.74) is 0. The van der Waals surface area contributed by atoms with E-state index in [1.165, 1.54) is 25.8 Å². The zero-order valence-corrected chi connectivity index (χ0v) is 12.0. The van der Waals surface area contributed by atoms with Crippen LogP contribution in [0, 0.1) is 0 Å². The van der Waals surface area contributed by atoms with Gasteiger partial charge in [-0.05, 0) is 32.9 Å². The Morgan fingerprint density at radius 3 is 2.25 bits per heavy atom. The van der Waals surface area contributed by atoms with Gasteiger partial charge in [0.25, 0.3) is 0 Å². The van der Waals surface area contributed by atoms with E-state index in [9.17, 15) is 0 Å². The summed E-state index contributed by atoms with van der Waals surface area (Å²) in [5.74, 6) is 0. The Morgan fingerprint density at radius 2 is 1.75 bits per heavy atom. The number of likely N-dealkylation sites (tertiary alicyclic amines) is 1. The van der Waals surface area contributed by atoms with E-state index in [-0.39, 0.29) is 0 Å². The van der Waals surface area contributed by atoms with Gasteiger partial charge in [0.15, 0.2) is 0 Å². The molecule has 0 spiro atoms. The van der Waals surface area contributed by atoms with Crippen molar-refractivity contribution < 1.29 is 13.3 Å². The van der Waals surface area contributed by atoms with Gasteiger partial charge in [-0.3, -0.25) is 0 Å². The van der Waals surface area contributed by atoms with E-state index in [4.69, 9.17) is 13.3 Å². The third-order valence-corrected chi connectivity index (χ3v) is 6.41. The van der Waals surface area contributed by atoms with E-state index in [0.717, 1.165) is 12.5 Å².